The SMILES string of the molecule is CC[C@H](O)[C@@H](O)c1ccccc1Cl. The van der Waals surface area contributed by atoms with Crippen LogP contribution in [0.2, 0.25) is 5.02 Å². The highest BCUT2D eigenvalue weighted by molar-refractivity contribution is 6.31. The number of benzene rings is 1. The van der Waals surface area contributed by atoms with Crippen LogP contribution in [0.25, 0.3) is 0 Å². The molecular weight excluding hydrogens is 188 g/mol. The fourth-order valence-electron chi connectivity index (χ4n) is 1.15. The molecule has 0 heterocycles. The van der Waals surface area contributed by atoms with Crippen LogP contribution in [0.1, 0.15) is 25.0 Å². The Kier molecular flexibility index (Phi) is 3.72. The summed E-state index contributed by atoms with van der Waals surface area (Å²) in [5, 5.41) is 19.5. The van der Waals surface area contributed by atoms with Gasteiger partial charge in [-0.3, -0.25) is 0 Å². The normalized spacial score (nSPS) is 15.4. The van der Waals surface area contributed by atoms with Crippen LogP contribution in [0.5, 0.6) is 0 Å². The second-order valence-corrected chi connectivity index (χ2v) is 3.35. The lowest BCUT2D eigenvalue weighted by molar-refractivity contribution is 0.0165. The largest absolute Gasteiger partial charge is 0.390 e. The molecule has 3 heteroatoms. The monoisotopic (exact) mass is 200 g/mol. The Morgan fingerprint density at radius 2 is 1.92 bits per heavy atom. The third kappa shape index (κ3) is 2.44. The minimum atomic E-state index is -0.890. The summed E-state index contributed by atoms with van der Waals surface area (Å²) in [6.45, 7) is 1.81. The second kappa shape index (κ2) is 4.61. The second-order valence-electron chi connectivity index (χ2n) is 2.94. The standard InChI is InChI=1S/C10H13ClO2/c1-2-9(12)10(13)7-5-3-4-6-8(7)11/h3-6,9-10,12-13H,2H2,1H3/t9-,10-/m0/s1. The molecule has 0 aromatic heterocycles. The van der Waals surface area contributed by atoms with Crippen molar-refractivity contribution in [2.75, 3.05) is 0 Å². The summed E-state index contributed by atoms with van der Waals surface area (Å²) < 4.78 is 0. The first kappa shape index (κ1) is 10.5. The fourth-order valence-corrected chi connectivity index (χ4v) is 1.39. The molecule has 0 radical (unpaired) electrons. The highest BCUT2D eigenvalue weighted by atomic mass is 35.5. The van der Waals surface area contributed by atoms with Gasteiger partial charge in [0.15, 0.2) is 0 Å². The Hall–Kier alpha value is -0.570. The molecule has 2 atom stereocenters. The molecular formula is C10H13ClO2. The van der Waals surface area contributed by atoms with Crippen LogP contribution < -0.4 is 0 Å². The number of aliphatic hydroxyl groups is 2. The number of halogens is 1. The summed E-state index contributed by atoms with van der Waals surface area (Å²) in [5.41, 5.74) is 0.582. The van der Waals surface area contributed by atoms with Gasteiger partial charge in [-0.2, -0.15) is 0 Å². The zero-order chi connectivity index (χ0) is 9.84. The van der Waals surface area contributed by atoms with Crippen molar-refractivity contribution >= 4 is 11.6 Å². The van der Waals surface area contributed by atoms with Crippen molar-refractivity contribution in [3.05, 3.63) is 34.9 Å². The Morgan fingerprint density at radius 3 is 2.46 bits per heavy atom. The smallest absolute Gasteiger partial charge is 0.106 e. The molecule has 0 aliphatic heterocycles. The van der Waals surface area contributed by atoms with Crippen molar-refractivity contribution in [3.63, 3.8) is 0 Å². The lowest BCUT2D eigenvalue weighted by atomic mass is 10.0. The Labute approximate surface area is 82.8 Å². The summed E-state index contributed by atoms with van der Waals surface area (Å²) in [6, 6.07) is 6.98. The van der Waals surface area contributed by atoms with Gasteiger partial charge < -0.3 is 10.2 Å². The summed E-state index contributed by atoms with van der Waals surface area (Å²) in [6.07, 6.45) is -1.13. The molecule has 13 heavy (non-hydrogen) atoms. The summed E-state index contributed by atoms with van der Waals surface area (Å²) in [7, 11) is 0. The molecule has 1 rings (SSSR count). The molecule has 0 saturated carbocycles. The van der Waals surface area contributed by atoms with Gasteiger partial charge in [0, 0.05) is 10.6 Å². The third-order valence-corrected chi connectivity index (χ3v) is 2.35. The van der Waals surface area contributed by atoms with Gasteiger partial charge in [0.05, 0.1) is 6.10 Å². The van der Waals surface area contributed by atoms with E-state index in [1.807, 2.05) is 6.92 Å². The molecule has 2 N–H and O–H groups in total. The molecule has 0 spiro atoms. The highest BCUT2D eigenvalue weighted by Gasteiger charge is 2.18. The first-order valence-corrected chi connectivity index (χ1v) is 4.65. The van der Waals surface area contributed by atoms with E-state index < -0.39 is 12.2 Å². The van der Waals surface area contributed by atoms with Crippen LogP contribution in [0, 0.1) is 0 Å². The topological polar surface area (TPSA) is 40.5 Å². The predicted molar refractivity (Wildman–Crippen MR) is 52.7 cm³/mol. The van der Waals surface area contributed by atoms with Crippen LogP contribution in [-0.4, -0.2) is 16.3 Å². The van der Waals surface area contributed by atoms with Gasteiger partial charge in [-0.05, 0) is 12.5 Å². The summed E-state index contributed by atoms with van der Waals surface area (Å²) in [5.74, 6) is 0. The van der Waals surface area contributed by atoms with Gasteiger partial charge >= 0.3 is 0 Å². The maximum atomic E-state index is 9.64. The van der Waals surface area contributed by atoms with E-state index in [1.54, 1.807) is 24.3 Å². The van der Waals surface area contributed by atoms with Crippen LogP contribution in [0.3, 0.4) is 0 Å². The van der Waals surface area contributed by atoms with Crippen molar-refractivity contribution in [2.45, 2.75) is 25.6 Å². The van der Waals surface area contributed by atoms with Crippen LogP contribution in [-0.2, 0) is 0 Å². The van der Waals surface area contributed by atoms with Crippen molar-refractivity contribution in [2.24, 2.45) is 0 Å². The minimum absolute atomic E-state index is 0.488. The van der Waals surface area contributed by atoms with Crippen molar-refractivity contribution in [1.82, 2.24) is 0 Å². The van der Waals surface area contributed by atoms with Gasteiger partial charge in [-0.15, -0.1) is 0 Å². The number of rotatable bonds is 3. The molecule has 0 amide bonds. The van der Waals surface area contributed by atoms with Gasteiger partial charge in [0.1, 0.15) is 6.10 Å². The molecule has 0 bridgehead atoms. The third-order valence-electron chi connectivity index (χ3n) is 2.01. The van der Waals surface area contributed by atoms with E-state index in [1.165, 1.54) is 0 Å². The minimum Gasteiger partial charge on any atom is -0.390 e. The van der Waals surface area contributed by atoms with E-state index in [4.69, 9.17) is 11.6 Å². The first-order valence-electron chi connectivity index (χ1n) is 4.27. The van der Waals surface area contributed by atoms with E-state index in [9.17, 15) is 10.2 Å². The van der Waals surface area contributed by atoms with Crippen molar-refractivity contribution in [3.8, 4) is 0 Å². The molecule has 72 valence electrons. The zero-order valence-corrected chi connectivity index (χ0v) is 8.20. The fraction of sp³-hybridized carbons (Fsp3) is 0.400. The molecule has 0 aliphatic rings. The predicted octanol–water partition coefficient (Wildman–Crippen LogP) is 2.14. The van der Waals surface area contributed by atoms with E-state index in [2.05, 4.69) is 0 Å². The van der Waals surface area contributed by atoms with Gasteiger partial charge in [-0.25, -0.2) is 0 Å². The van der Waals surface area contributed by atoms with E-state index in [0.29, 0.717) is 17.0 Å². The quantitative estimate of drug-likeness (QED) is 0.785. The zero-order valence-electron chi connectivity index (χ0n) is 7.44. The van der Waals surface area contributed by atoms with Crippen LogP contribution in [0.15, 0.2) is 24.3 Å². The first-order chi connectivity index (χ1) is 6.16. The lowest BCUT2D eigenvalue weighted by Gasteiger charge is -2.17. The maximum absolute atomic E-state index is 9.64. The van der Waals surface area contributed by atoms with E-state index >= 15 is 0 Å². The lowest BCUT2D eigenvalue weighted by Crippen LogP contribution is -2.17. The Balaban J connectivity index is 2.88. The number of aliphatic hydroxyl groups excluding tert-OH is 2. The van der Waals surface area contributed by atoms with Crippen molar-refractivity contribution in [1.29, 1.82) is 0 Å². The molecule has 1 aromatic rings. The number of hydrogen-bond acceptors (Lipinski definition) is 2. The Bertz CT molecular complexity index is 275. The molecule has 1 aromatic carbocycles. The molecule has 0 aliphatic carbocycles. The van der Waals surface area contributed by atoms with Crippen LogP contribution >= 0.6 is 11.6 Å². The summed E-state index contributed by atoms with van der Waals surface area (Å²) in [4.78, 5) is 0. The Morgan fingerprint density at radius 1 is 1.31 bits per heavy atom. The van der Waals surface area contributed by atoms with Crippen LogP contribution in [0.4, 0.5) is 0 Å². The van der Waals surface area contributed by atoms with Gasteiger partial charge in [0.2, 0.25) is 0 Å². The molecule has 0 saturated heterocycles. The highest BCUT2D eigenvalue weighted by Crippen LogP contribution is 2.25. The number of hydrogen-bond donors (Lipinski definition) is 2. The molecule has 0 unspecified atom stereocenters. The molecule has 2 nitrogen and oxygen atoms in total. The molecule has 0 fully saturated rings. The van der Waals surface area contributed by atoms with E-state index in [-0.39, 0.29) is 0 Å². The average molecular weight is 201 g/mol. The van der Waals surface area contributed by atoms with Gasteiger partial charge in [-0.1, -0.05) is 36.7 Å². The van der Waals surface area contributed by atoms with E-state index in [0.717, 1.165) is 0 Å². The maximum Gasteiger partial charge on any atom is 0.106 e. The van der Waals surface area contributed by atoms with Crippen molar-refractivity contribution < 1.29 is 10.2 Å². The average Bonchev–Trinajstić information content (AvgIpc) is 2.16. The summed E-state index contributed by atoms with van der Waals surface area (Å²) >= 11 is 5.85. The van der Waals surface area contributed by atoms with Gasteiger partial charge in [0.25, 0.3) is 0 Å².